The molecule has 1 aromatic rings. The van der Waals surface area contributed by atoms with Crippen molar-refractivity contribution in [3.63, 3.8) is 0 Å². The molecule has 1 unspecified atom stereocenters. The van der Waals surface area contributed by atoms with Gasteiger partial charge in [-0.05, 0) is 49.3 Å². The lowest BCUT2D eigenvalue weighted by Gasteiger charge is -2.13. The van der Waals surface area contributed by atoms with Crippen LogP contribution in [0.5, 0.6) is 0 Å². The zero-order valence-corrected chi connectivity index (χ0v) is 11.3. The summed E-state index contributed by atoms with van der Waals surface area (Å²) in [7, 11) is -0.745. The molecule has 1 saturated carbocycles. The Bertz CT molecular complexity index is 412. The molecule has 0 aromatic heterocycles. The van der Waals surface area contributed by atoms with E-state index in [-0.39, 0.29) is 0 Å². The molecule has 0 heterocycles. The summed E-state index contributed by atoms with van der Waals surface area (Å²) in [5.41, 5.74) is 8.39. The first-order valence-electron chi connectivity index (χ1n) is 6.25. The molecule has 1 atom stereocenters. The Morgan fingerprint density at radius 3 is 2.65 bits per heavy atom. The molecular formula is C14H21NOS. The highest BCUT2D eigenvalue weighted by Gasteiger charge is 2.42. The van der Waals surface area contributed by atoms with Crippen LogP contribution in [0.25, 0.3) is 0 Å². The van der Waals surface area contributed by atoms with Gasteiger partial charge in [0.2, 0.25) is 0 Å². The number of nitrogens with two attached hydrogens (primary N) is 1. The second kappa shape index (κ2) is 5.32. The van der Waals surface area contributed by atoms with Crippen LogP contribution in [-0.4, -0.2) is 16.5 Å². The van der Waals surface area contributed by atoms with Crippen molar-refractivity contribution in [2.24, 2.45) is 11.1 Å². The van der Waals surface area contributed by atoms with E-state index in [1.165, 1.54) is 24.0 Å². The van der Waals surface area contributed by atoms with Crippen LogP contribution in [0.2, 0.25) is 0 Å². The minimum Gasteiger partial charge on any atom is -0.330 e. The molecule has 17 heavy (non-hydrogen) atoms. The van der Waals surface area contributed by atoms with Crippen LogP contribution in [0, 0.1) is 12.3 Å². The van der Waals surface area contributed by atoms with E-state index < -0.39 is 10.8 Å². The van der Waals surface area contributed by atoms with Gasteiger partial charge in [0.1, 0.15) is 0 Å². The second-order valence-corrected chi connectivity index (χ2v) is 6.65. The Hall–Kier alpha value is -0.670. The SMILES string of the molecule is Cc1ccccc1CS(=O)CC1(CCN)CC1. The summed E-state index contributed by atoms with van der Waals surface area (Å²) in [6.45, 7) is 2.81. The third-order valence-corrected chi connectivity index (χ3v) is 5.24. The van der Waals surface area contributed by atoms with Gasteiger partial charge < -0.3 is 5.73 Å². The first-order chi connectivity index (χ1) is 8.15. The largest absolute Gasteiger partial charge is 0.330 e. The Labute approximate surface area is 106 Å². The van der Waals surface area contributed by atoms with Crippen molar-refractivity contribution < 1.29 is 4.21 Å². The first-order valence-corrected chi connectivity index (χ1v) is 7.74. The van der Waals surface area contributed by atoms with Gasteiger partial charge in [-0.25, -0.2) is 0 Å². The van der Waals surface area contributed by atoms with E-state index in [0.717, 1.165) is 18.7 Å². The fourth-order valence-corrected chi connectivity index (χ4v) is 4.18. The van der Waals surface area contributed by atoms with Crippen molar-refractivity contribution in [3.8, 4) is 0 Å². The van der Waals surface area contributed by atoms with E-state index in [9.17, 15) is 4.21 Å². The van der Waals surface area contributed by atoms with Crippen molar-refractivity contribution in [2.45, 2.75) is 31.9 Å². The van der Waals surface area contributed by atoms with Gasteiger partial charge in [-0.3, -0.25) is 4.21 Å². The van der Waals surface area contributed by atoms with Gasteiger partial charge in [0.15, 0.2) is 0 Å². The summed E-state index contributed by atoms with van der Waals surface area (Å²) < 4.78 is 12.2. The fourth-order valence-electron chi connectivity index (χ4n) is 2.29. The van der Waals surface area contributed by atoms with Crippen LogP contribution in [0.1, 0.15) is 30.4 Å². The van der Waals surface area contributed by atoms with Crippen molar-refractivity contribution in [1.29, 1.82) is 0 Å². The summed E-state index contributed by atoms with van der Waals surface area (Å²) >= 11 is 0. The van der Waals surface area contributed by atoms with Crippen LogP contribution < -0.4 is 5.73 Å². The van der Waals surface area contributed by atoms with Crippen molar-refractivity contribution >= 4 is 10.8 Å². The van der Waals surface area contributed by atoms with Crippen LogP contribution in [-0.2, 0) is 16.6 Å². The highest BCUT2D eigenvalue weighted by Crippen LogP contribution is 2.49. The molecule has 2 nitrogen and oxygen atoms in total. The van der Waals surface area contributed by atoms with Crippen LogP contribution >= 0.6 is 0 Å². The van der Waals surface area contributed by atoms with E-state index in [0.29, 0.717) is 11.2 Å². The average Bonchev–Trinajstić information content (AvgIpc) is 3.02. The topological polar surface area (TPSA) is 43.1 Å². The number of rotatable bonds is 6. The van der Waals surface area contributed by atoms with E-state index in [1.54, 1.807) is 0 Å². The lowest BCUT2D eigenvalue weighted by Crippen LogP contribution is -2.17. The maximum Gasteiger partial charge on any atom is 0.0488 e. The molecule has 3 heteroatoms. The summed E-state index contributed by atoms with van der Waals surface area (Å²) in [5.74, 6) is 1.53. The van der Waals surface area contributed by atoms with Gasteiger partial charge in [-0.2, -0.15) is 0 Å². The van der Waals surface area contributed by atoms with Gasteiger partial charge in [-0.1, -0.05) is 24.3 Å². The van der Waals surface area contributed by atoms with Crippen molar-refractivity contribution in [3.05, 3.63) is 35.4 Å². The highest BCUT2D eigenvalue weighted by atomic mass is 32.2. The normalized spacial score (nSPS) is 18.9. The van der Waals surface area contributed by atoms with Gasteiger partial charge in [0.05, 0.1) is 0 Å². The number of benzene rings is 1. The van der Waals surface area contributed by atoms with Crippen LogP contribution in [0.4, 0.5) is 0 Å². The van der Waals surface area contributed by atoms with E-state index in [1.807, 2.05) is 12.1 Å². The van der Waals surface area contributed by atoms with E-state index >= 15 is 0 Å². The molecular weight excluding hydrogens is 230 g/mol. The molecule has 1 fully saturated rings. The Morgan fingerprint density at radius 1 is 1.35 bits per heavy atom. The molecule has 0 radical (unpaired) electrons. The lowest BCUT2D eigenvalue weighted by atomic mass is 10.1. The van der Waals surface area contributed by atoms with Crippen LogP contribution in [0.15, 0.2) is 24.3 Å². The molecule has 0 bridgehead atoms. The van der Waals surface area contributed by atoms with Gasteiger partial charge in [0, 0.05) is 22.3 Å². The van der Waals surface area contributed by atoms with Gasteiger partial charge >= 0.3 is 0 Å². The maximum atomic E-state index is 12.2. The molecule has 0 spiro atoms. The Balaban J connectivity index is 1.92. The minimum absolute atomic E-state index is 0.322. The molecule has 0 amide bonds. The summed E-state index contributed by atoms with van der Waals surface area (Å²) in [6, 6.07) is 8.21. The Kier molecular flexibility index (Phi) is 4.00. The molecule has 1 aromatic carbocycles. The highest BCUT2D eigenvalue weighted by molar-refractivity contribution is 7.84. The molecule has 0 saturated heterocycles. The van der Waals surface area contributed by atoms with E-state index in [4.69, 9.17) is 5.73 Å². The quantitative estimate of drug-likeness (QED) is 0.843. The van der Waals surface area contributed by atoms with Crippen LogP contribution in [0.3, 0.4) is 0 Å². The molecule has 0 aliphatic heterocycles. The lowest BCUT2D eigenvalue weighted by molar-refractivity contribution is 0.529. The zero-order valence-electron chi connectivity index (χ0n) is 10.4. The summed E-state index contributed by atoms with van der Waals surface area (Å²) in [6.07, 6.45) is 3.46. The number of hydrogen-bond acceptors (Lipinski definition) is 2. The molecule has 2 rings (SSSR count). The second-order valence-electron chi connectivity index (χ2n) is 5.19. The molecule has 94 valence electrons. The monoisotopic (exact) mass is 251 g/mol. The van der Waals surface area contributed by atoms with Crippen molar-refractivity contribution in [2.75, 3.05) is 12.3 Å². The third kappa shape index (κ3) is 3.39. The minimum atomic E-state index is -0.745. The number of hydrogen-bond donors (Lipinski definition) is 1. The van der Waals surface area contributed by atoms with Gasteiger partial charge in [-0.15, -0.1) is 0 Å². The standard InChI is InChI=1S/C14H21NOS/c1-12-4-2-3-5-13(12)10-17(16)11-14(6-7-14)8-9-15/h2-5H,6-11,15H2,1H3. The number of aryl methyl sites for hydroxylation is 1. The summed E-state index contributed by atoms with van der Waals surface area (Å²) in [5, 5.41) is 0. The average molecular weight is 251 g/mol. The molecule has 2 N–H and O–H groups in total. The summed E-state index contributed by atoms with van der Waals surface area (Å²) in [4.78, 5) is 0. The van der Waals surface area contributed by atoms with E-state index in [2.05, 4.69) is 19.1 Å². The maximum absolute atomic E-state index is 12.2. The predicted octanol–water partition coefficient (Wildman–Crippen LogP) is 2.37. The molecule has 1 aliphatic carbocycles. The predicted molar refractivity (Wildman–Crippen MR) is 73.2 cm³/mol. The third-order valence-electron chi connectivity index (χ3n) is 3.68. The van der Waals surface area contributed by atoms with Gasteiger partial charge in [0.25, 0.3) is 0 Å². The first kappa shape index (κ1) is 12.8. The molecule has 1 aliphatic rings. The fraction of sp³-hybridized carbons (Fsp3) is 0.571. The smallest absolute Gasteiger partial charge is 0.0488 e. The zero-order chi connectivity index (χ0) is 12.3. The van der Waals surface area contributed by atoms with Crippen molar-refractivity contribution in [1.82, 2.24) is 0 Å². The Morgan fingerprint density at radius 2 is 2.06 bits per heavy atom.